The van der Waals surface area contributed by atoms with Gasteiger partial charge in [-0.2, -0.15) is 16.7 Å². The van der Waals surface area contributed by atoms with E-state index in [1.165, 1.54) is 0 Å². The Bertz CT molecular complexity index is 796. The lowest BCUT2D eigenvalue weighted by Crippen LogP contribution is -2.40. The zero-order chi connectivity index (χ0) is 20.9. The first-order chi connectivity index (χ1) is 13.8. The van der Waals surface area contributed by atoms with E-state index in [-0.39, 0.29) is 16.6 Å². The number of nitrogens with zero attached hydrogens (tertiary/aromatic N) is 3. The van der Waals surface area contributed by atoms with E-state index in [4.69, 9.17) is 4.52 Å². The molecule has 1 saturated heterocycles. The summed E-state index contributed by atoms with van der Waals surface area (Å²) in [7, 11) is 0. The van der Waals surface area contributed by atoms with Gasteiger partial charge in [0.15, 0.2) is 0 Å². The van der Waals surface area contributed by atoms with Crippen molar-refractivity contribution in [1.82, 2.24) is 20.4 Å². The quantitative estimate of drug-likeness (QED) is 0.593. The summed E-state index contributed by atoms with van der Waals surface area (Å²) in [6, 6.07) is 7.84. The van der Waals surface area contributed by atoms with Gasteiger partial charge >= 0.3 is 0 Å². The largest absolute Gasteiger partial charge is 0.355 e. The molecule has 8 heteroatoms. The van der Waals surface area contributed by atoms with Crippen molar-refractivity contribution >= 4 is 33.6 Å². The van der Waals surface area contributed by atoms with Crippen LogP contribution in [0.2, 0.25) is 0 Å². The molecule has 0 spiro atoms. The maximum Gasteiger partial charge on any atom is 0.241 e. The molecule has 29 heavy (non-hydrogen) atoms. The van der Waals surface area contributed by atoms with E-state index in [0.29, 0.717) is 18.3 Å². The van der Waals surface area contributed by atoms with Crippen LogP contribution in [-0.4, -0.2) is 51.1 Å². The molecule has 0 atom stereocenters. The number of likely N-dealkylation sites (tertiary alicyclic amines) is 1. The molecule has 3 rings (SSSR count). The fourth-order valence-corrected chi connectivity index (χ4v) is 4.34. The van der Waals surface area contributed by atoms with Gasteiger partial charge in [-0.15, -0.1) is 0 Å². The van der Waals surface area contributed by atoms with Gasteiger partial charge in [-0.1, -0.05) is 41.9 Å². The molecule has 1 amide bonds. The van der Waals surface area contributed by atoms with Gasteiger partial charge in [-0.3, -0.25) is 9.69 Å². The van der Waals surface area contributed by atoms with Crippen LogP contribution in [0.15, 0.2) is 33.3 Å². The predicted octanol–water partition coefficient (Wildman–Crippen LogP) is 4.36. The van der Waals surface area contributed by atoms with Crippen molar-refractivity contribution in [3.63, 3.8) is 0 Å². The van der Waals surface area contributed by atoms with Crippen molar-refractivity contribution in [2.24, 2.45) is 5.92 Å². The third-order valence-electron chi connectivity index (χ3n) is 4.82. The molecular formula is C21H29BrN4O2S. The SMILES string of the molecule is CC(C)(C)SCCNC(=O)C1CCN(Cc2nc(-c3ccc(Br)cc3)no2)CC1. The minimum atomic E-state index is 0.104. The highest BCUT2D eigenvalue weighted by Gasteiger charge is 2.26. The first-order valence-electron chi connectivity index (χ1n) is 10.0. The molecule has 0 unspecified atom stereocenters. The molecule has 1 aliphatic rings. The number of carbonyl (C=O) groups excluding carboxylic acids is 1. The second-order valence-corrected chi connectivity index (χ2v) is 11.2. The summed E-state index contributed by atoms with van der Waals surface area (Å²) in [5.41, 5.74) is 0.934. The van der Waals surface area contributed by atoms with Gasteiger partial charge in [-0.25, -0.2) is 0 Å². The Morgan fingerprint density at radius 2 is 1.97 bits per heavy atom. The number of halogens is 1. The number of amides is 1. The standard InChI is InChI=1S/C21H29BrN4O2S/c1-21(2,3)29-13-10-23-20(27)16-8-11-26(12-9-16)14-18-24-19(25-28-18)15-4-6-17(22)7-5-15/h4-7,16H,8-14H2,1-3H3,(H,23,27). The molecule has 0 aliphatic carbocycles. The second kappa shape index (κ2) is 10.1. The van der Waals surface area contributed by atoms with E-state index in [1.807, 2.05) is 36.0 Å². The lowest BCUT2D eigenvalue weighted by Gasteiger charge is -2.30. The summed E-state index contributed by atoms with van der Waals surface area (Å²) in [4.78, 5) is 19.2. The Hall–Kier alpha value is -1.38. The molecule has 0 bridgehead atoms. The fourth-order valence-electron chi connectivity index (χ4n) is 3.26. The molecule has 6 nitrogen and oxygen atoms in total. The molecule has 1 aromatic carbocycles. The first-order valence-corrected chi connectivity index (χ1v) is 11.8. The molecule has 1 fully saturated rings. The highest BCUT2D eigenvalue weighted by Crippen LogP contribution is 2.23. The summed E-state index contributed by atoms with van der Waals surface area (Å²) < 4.78 is 6.68. The van der Waals surface area contributed by atoms with Crippen molar-refractivity contribution in [1.29, 1.82) is 0 Å². The van der Waals surface area contributed by atoms with E-state index >= 15 is 0 Å². The van der Waals surface area contributed by atoms with Crippen molar-refractivity contribution < 1.29 is 9.32 Å². The monoisotopic (exact) mass is 480 g/mol. The second-order valence-electron chi connectivity index (χ2n) is 8.32. The van der Waals surface area contributed by atoms with Gasteiger partial charge < -0.3 is 9.84 Å². The Kier molecular flexibility index (Phi) is 7.76. The number of thioether (sulfide) groups is 1. The van der Waals surface area contributed by atoms with E-state index < -0.39 is 0 Å². The third kappa shape index (κ3) is 7.12. The minimum Gasteiger partial charge on any atom is -0.355 e. The van der Waals surface area contributed by atoms with Crippen LogP contribution >= 0.6 is 27.7 Å². The van der Waals surface area contributed by atoms with Crippen molar-refractivity contribution in [2.45, 2.75) is 44.9 Å². The fraction of sp³-hybridized carbons (Fsp3) is 0.571. The van der Waals surface area contributed by atoms with Crippen LogP contribution in [-0.2, 0) is 11.3 Å². The zero-order valence-electron chi connectivity index (χ0n) is 17.3. The number of piperidine rings is 1. The van der Waals surface area contributed by atoms with Crippen LogP contribution < -0.4 is 5.32 Å². The first kappa shape index (κ1) is 22.3. The van der Waals surface area contributed by atoms with Crippen LogP contribution in [0.1, 0.15) is 39.5 Å². The molecule has 0 radical (unpaired) electrons. The predicted molar refractivity (Wildman–Crippen MR) is 121 cm³/mol. The van der Waals surface area contributed by atoms with E-state index in [2.05, 4.69) is 57.1 Å². The summed E-state index contributed by atoms with van der Waals surface area (Å²) in [6.45, 7) is 9.68. The summed E-state index contributed by atoms with van der Waals surface area (Å²) in [6.07, 6.45) is 1.73. The number of nitrogens with one attached hydrogen (secondary N) is 1. The average Bonchev–Trinajstić information content (AvgIpc) is 3.14. The summed E-state index contributed by atoms with van der Waals surface area (Å²) >= 11 is 5.30. The molecule has 2 heterocycles. The molecule has 158 valence electrons. The minimum absolute atomic E-state index is 0.104. The number of carbonyl (C=O) groups is 1. The maximum absolute atomic E-state index is 12.4. The number of hydrogen-bond donors (Lipinski definition) is 1. The molecular weight excluding hydrogens is 452 g/mol. The number of hydrogen-bond acceptors (Lipinski definition) is 6. The third-order valence-corrected chi connectivity index (χ3v) is 6.63. The van der Waals surface area contributed by atoms with Gasteiger partial charge in [0, 0.05) is 33.0 Å². The molecule has 1 aliphatic heterocycles. The van der Waals surface area contributed by atoms with E-state index in [9.17, 15) is 4.79 Å². The van der Waals surface area contributed by atoms with Crippen LogP contribution in [0.5, 0.6) is 0 Å². The normalized spacial score (nSPS) is 16.1. The maximum atomic E-state index is 12.4. The van der Waals surface area contributed by atoms with Gasteiger partial charge in [0.1, 0.15) is 0 Å². The summed E-state index contributed by atoms with van der Waals surface area (Å²) in [5, 5.41) is 7.18. The van der Waals surface area contributed by atoms with Crippen molar-refractivity contribution in [2.75, 3.05) is 25.4 Å². The lowest BCUT2D eigenvalue weighted by atomic mass is 9.96. The van der Waals surface area contributed by atoms with Gasteiger partial charge in [0.05, 0.1) is 6.54 Å². The Balaban J connectivity index is 1.41. The van der Waals surface area contributed by atoms with Gasteiger partial charge in [-0.05, 0) is 50.2 Å². The topological polar surface area (TPSA) is 71.3 Å². The lowest BCUT2D eigenvalue weighted by molar-refractivity contribution is -0.126. The molecule has 1 aromatic heterocycles. The highest BCUT2D eigenvalue weighted by atomic mass is 79.9. The average molecular weight is 481 g/mol. The summed E-state index contributed by atoms with van der Waals surface area (Å²) in [5.74, 6) is 2.47. The Labute approximate surface area is 185 Å². The van der Waals surface area contributed by atoms with Crippen LogP contribution in [0, 0.1) is 5.92 Å². The molecule has 1 N–H and O–H groups in total. The van der Waals surface area contributed by atoms with Gasteiger partial charge in [0.25, 0.3) is 0 Å². The molecule has 0 saturated carbocycles. The van der Waals surface area contributed by atoms with E-state index in [0.717, 1.165) is 48.3 Å². The molecule has 2 aromatic rings. The Morgan fingerprint density at radius 1 is 1.28 bits per heavy atom. The number of aromatic nitrogens is 2. The number of benzene rings is 1. The Morgan fingerprint density at radius 3 is 2.62 bits per heavy atom. The van der Waals surface area contributed by atoms with Gasteiger partial charge in [0.2, 0.25) is 17.6 Å². The van der Waals surface area contributed by atoms with Crippen molar-refractivity contribution in [3.8, 4) is 11.4 Å². The van der Waals surface area contributed by atoms with E-state index in [1.54, 1.807) is 0 Å². The highest BCUT2D eigenvalue weighted by molar-refractivity contribution is 9.10. The van der Waals surface area contributed by atoms with Crippen LogP contribution in [0.4, 0.5) is 0 Å². The van der Waals surface area contributed by atoms with Crippen molar-refractivity contribution in [3.05, 3.63) is 34.6 Å². The zero-order valence-corrected chi connectivity index (χ0v) is 19.7. The van der Waals surface area contributed by atoms with Crippen LogP contribution in [0.25, 0.3) is 11.4 Å². The number of rotatable bonds is 7. The van der Waals surface area contributed by atoms with Crippen LogP contribution in [0.3, 0.4) is 0 Å². The smallest absolute Gasteiger partial charge is 0.241 e.